The molecule has 0 bridgehead atoms. The van der Waals surface area contributed by atoms with E-state index in [1.807, 2.05) is 0 Å². The van der Waals surface area contributed by atoms with Gasteiger partial charge in [0.25, 0.3) is 0 Å². The molecule has 0 heterocycles. The number of aryl methyl sites for hydroxylation is 2. The van der Waals surface area contributed by atoms with Gasteiger partial charge in [-0.3, -0.25) is 4.79 Å². The molecule has 0 saturated carbocycles. The monoisotopic (exact) mass is 217 g/mol. The normalized spacial score (nSPS) is 10.7. The van der Waals surface area contributed by atoms with Gasteiger partial charge < -0.3 is 5.32 Å². The Bertz CT molecular complexity index is 373. The second-order valence-electron chi connectivity index (χ2n) is 3.98. The third-order valence-corrected chi connectivity index (χ3v) is 2.51. The number of carbonyl (C=O) groups excluding carboxylic acids is 1. The summed E-state index contributed by atoms with van der Waals surface area (Å²) in [6.45, 7) is 6.47. The lowest BCUT2D eigenvalue weighted by Gasteiger charge is -2.04. The van der Waals surface area contributed by atoms with Crippen LogP contribution in [0.4, 0.5) is 0 Å². The summed E-state index contributed by atoms with van der Waals surface area (Å²) in [4.78, 5) is 10.6. The fourth-order valence-electron chi connectivity index (χ4n) is 1.62. The Hall–Kier alpha value is -1.57. The quantitative estimate of drug-likeness (QED) is 0.772. The summed E-state index contributed by atoms with van der Waals surface area (Å²) in [6, 6.07) is 6.29. The van der Waals surface area contributed by atoms with Gasteiger partial charge in [-0.15, -0.1) is 0 Å². The Morgan fingerprint density at radius 1 is 1.31 bits per heavy atom. The van der Waals surface area contributed by atoms with E-state index in [1.54, 1.807) is 0 Å². The molecule has 1 N–H and O–H groups in total. The van der Waals surface area contributed by atoms with Crippen molar-refractivity contribution in [3.05, 3.63) is 41.0 Å². The molecule has 1 rings (SSSR count). The van der Waals surface area contributed by atoms with E-state index < -0.39 is 0 Å². The van der Waals surface area contributed by atoms with E-state index in [0.29, 0.717) is 6.54 Å². The van der Waals surface area contributed by atoms with Crippen LogP contribution in [0, 0.1) is 13.8 Å². The van der Waals surface area contributed by atoms with Gasteiger partial charge in [0.05, 0.1) is 0 Å². The van der Waals surface area contributed by atoms with E-state index in [4.69, 9.17) is 0 Å². The third kappa shape index (κ3) is 3.89. The molecule has 0 saturated heterocycles. The second kappa shape index (κ2) is 6.11. The van der Waals surface area contributed by atoms with E-state index >= 15 is 0 Å². The van der Waals surface area contributed by atoms with Crippen LogP contribution in [-0.2, 0) is 4.79 Å². The molecule has 0 unspecified atom stereocenters. The van der Waals surface area contributed by atoms with Crippen LogP contribution in [0.2, 0.25) is 0 Å². The average Bonchev–Trinajstić information content (AvgIpc) is 2.21. The zero-order valence-electron chi connectivity index (χ0n) is 10.2. The molecular formula is C14H19NO. The Balaban J connectivity index is 2.53. The summed E-state index contributed by atoms with van der Waals surface area (Å²) in [5.74, 6) is 0.0282. The molecule has 2 nitrogen and oxygen atoms in total. The topological polar surface area (TPSA) is 29.1 Å². The SMILES string of the molecule is CC(=O)NCCC=Cc1c(C)cccc1C. The minimum atomic E-state index is 0.0282. The third-order valence-electron chi connectivity index (χ3n) is 2.51. The van der Waals surface area contributed by atoms with Crippen LogP contribution in [0.1, 0.15) is 30.0 Å². The highest BCUT2D eigenvalue weighted by atomic mass is 16.1. The first kappa shape index (κ1) is 12.5. The van der Waals surface area contributed by atoms with Crippen LogP contribution in [0.25, 0.3) is 6.08 Å². The van der Waals surface area contributed by atoms with Crippen LogP contribution in [0.3, 0.4) is 0 Å². The van der Waals surface area contributed by atoms with Crippen LogP contribution >= 0.6 is 0 Å². The van der Waals surface area contributed by atoms with Crippen molar-refractivity contribution in [2.45, 2.75) is 27.2 Å². The first-order valence-electron chi connectivity index (χ1n) is 5.58. The number of benzene rings is 1. The van der Waals surface area contributed by atoms with E-state index in [2.05, 4.69) is 49.5 Å². The molecule has 0 aliphatic rings. The van der Waals surface area contributed by atoms with Gasteiger partial charge in [0.1, 0.15) is 0 Å². The summed E-state index contributed by atoms with van der Waals surface area (Å²) in [5.41, 5.74) is 3.86. The highest BCUT2D eigenvalue weighted by Gasteiger charge is 1.96. The minimum absolute atomic E-state index is 0.0282. The molecular weight excluding hydrogens is 198 g/mol. The number of hydrogen-bond acceptors (Lipinski definition) is 1. The maximum atomic E-state index is 10.6. The average molecular weight is 217 g/mol. The lowest BCUT2D eigenvalue weighted by Crippen LogP contribution is -2.20. The van der Waals surface area contributed by atoms with Crippen LogP contribution in [0.5, 0.6) is 0 Å². The number of nitrogens with one attached hydrogen (secondary N) is 1. The summed E-state index contributed by atoms with van der Waals surface area (Å²) < 4.78 is 0. The molecule has 0 fully saturated rings. The number of rotatable bonds is 4. The predicted molar refractivity (Wildman–Crippen MR) is 68.3 cm³/mol. The van der Waals surface area contributed by atoms with E-state index in [0.717, 1.165) is 6.42 Å². The van der Waals surface area contributed by atoms with E-state index in [-0.39, 0.29) is 5.91 Å². The lowest BCUT2D eigenvalue weighted by molar-refractivity contribution is -0.118. The van der Waals surface area contributed by atoms with Crippen molar-refractivity contribution in [2.24, 2.45) is 0 Å². The van der Waals surface area contributed by atoms with Crippen molar-refractivity contribution in [2.75, 3.05) is 6.54 Å². The first-order chi connectivity index (χ1) is 7.61. The van der Waals surface area contributed by atoms with Gasteiger partial charge in [-0.1, -0.05) is 30.4 Å². The van der Waals surface area contributed by atoms with Crippen molar-refractivity contribution in [1.82, 2.24) is 5.32 Å². The van der Waals surface area contributed by atoms with Crippen LogP contribution in [-0.4, -0.2) is 12.5 Å². The zero-order chi connectivity index (χ0) is 12.0. The maximum absolute atomic E-state index is 10.6. The molecule has 1 aromatic carbocycles. The summed E-state index contributed by atoms with van der Waals surface area (Å²) in [7, 11) is 0. The fourth-order valence-corrected chi connectivity index (χ4v) is 1.62. The Morgan fingerprint density at radius 3 is 2.50 bits per heavy atom. The van der Waals surface area contributed by atoms with Crippen LogP contribution < -0.4 is 5.32 Å². The molecule has 86 valence electrons. The van der Waals surface area contributed by atoms with Gasteiger partial charge >= 0.3 is 0 Å². The summed E-state index contributed by atoms with van der Waals surface area (Å²) in [5, 5.41) is 2.77. The van der Waals surface area contributed by atoms with Crippen molar-refractivity contribution >= 4 is 12.0 Å². The maximum Gasteiger partial charge on any atom is 0.216 e. The van der Waals surface area contributed by atoms with Gasteiger partial charge in [0, 0.05) is 13.5 Å². The van der Waals surface area contributed by atoms with E-state index in [9.17, 15) is 4.79 Å². The Labute approximate surface area is 97.4 Å². The fraction of sp³-hybridized carbons (Fsp3) is 0.357. The van der Waals surface area contributed by atoms with Gasteiger partial charge in [-0.25, -0.2) is 0 Å². The molecule has 1 amide bonds. The molecule has 0 atom stereocenters. The Morgan fingerprint density at radius 2 is 1.94 bits per heavy atom. The van der Waals surface area contributed by atoms with Crippen molar-refractivity contribution in [1.29, 1.82) is 0 Å². The van der Waals surface area contributed by atoms with E-state index in [1.165, 1.54) is 23.6 Å². The predicted octanol–water partition coefficient (Wildman–Crippen LogP) is 2.84. The van der Waals surface area contributed by atoms with Gasteiger partial charge in [-0.05, 0) is 37.0 Å². The highest BCUT2D eigenvalue weighted by Crippen LogP contribution is 2.14. The molecule has 0 aromatic heterocycles. The molecule has 16 heavy (non-hydrogen) atoms. The van der Waals surface area contributed by atoms with Crippen molar-refractivity contribution in [3.63, 3.8) is 0 Å². The van der Waals surface area contributed by atoms with Crippen LogP contribution in [0.15, 0.2) is 24.3 Å². The second-order valence-corrected chi connectivity index (χ2v) is 3.98. The molecule has 2 heteroatoms. The zero-order valence-corrected chi connectivity index (χ0v) is 10.2. The summed E-state index contributed by atoms with van der Waals surface area (Å²) in [6.07, 6.45) is 5.10. The standard InChI is InChI=1S/C14H19NO/c1-11-7-6-8-12(2)14(11)9-4-5-10-15-13(3)16/h4,6-9H,5,10H2,1-3H3,(H,15,16). The molecule has 1 aromatic rings. The smallest absolute Gasteiger partial charge is 0.216 e. The van der Waals surface area contributed by atoms with Gasteiger partial charge in [0.15, 0.2) is 0 Å². The lowest BCUT2D eigenvalue weighted by atomic mass is 10.0. The van der Waals surface area contributed by atoms with Crippen molar-refractivity contribution in [3.8, 4) is 0 Å². The van der Waals surface area contributed by atoms with Gasteiger partial charge in [0.2, 0.25) is 5.91 Å². The van der Waals surface area contributed by atoms with Crippen molar-refractivity contribution < 1.29 is 4.79 Å². The molecule has 0 aliphatic carbocycles. The number of carbonyl (C=O) groups is 1. The molecule has 0 aliphatic heterocycles. The largest absolute Gasteiger partial charge is 0.356 e. The minimum Gasteiger partial charge on any atom is -0.356 e. The van der Waals surface area contributed by atoms with Gasteiger partial charge in [-0.2, -0.15) is 0 Å². The molecule has 0 radical (unpaired) electrons. The number of hydrogen-bond donors (Lipinski definition) is 1. The Kier molecular flexibility index (Phi) is 4.77. The number of amides is 1. The molecule has 0 spiro atoms. The summed E-state index contributed by atoms with van der Waals surface area (Å²) >= 11 is 0. The highest BCUT2D eigenvalue weighted by molar-refractivity contribution is 5.72. The first-order valence-corrected chi connectivity index (χ1v) is 5.58.